The van der Waals surface area contributed by atoms with Crippen molar-refractivity contribution in [1.29, 1.82) is 0 Å². The molecule has 1 aliphatic carbocycles. The first-order valence-corrected chi connectivity index (χ1v) is 6.97. The van der Waals surface area contributed by atoms with E-state index in [0.717, 1.165) is 6.54 Å². The Morgan fingerprint density at radius 2 is 2.05 bits per heavy atom. The minimum Gasteiger partial charge on any atom is -0.337 e. The molecular weight excluding hydrogens is 254 g/mol. The summed E-state index contributed by atoms with van der Waals surface area (Å²) in [6.45, 7) is 3.41. The van der Waals surface area contributed by atoms with Gasteiger partial charge in [-0.05, 0) is 31.7 Å². The third-order valence-electron chi connectivity index (χ3n) is 3.74. The molecule has 0 bridgehead atoms. The molecule has 104 valence electrons. The summed E-state index contributed by atoms with van der Waals surface area (Å²) >= 11 is 0. The Hall–Kier alpha value is -2.17. The van der Waals surface area contributed by atoms with Crippen LogP contribution in [0.25, 0.3) is 10.8 Å². The first-order chi connectivity index (χ1) is 9.70. The molecule has 0 radical (unpaired) electrons. The maximum Gasteiger partial charge on any atom is 0.274 e. The second-order valence-electron chi connectivity index (χ2n) is 5.23. The summed E-state index contributed by atoms with van der Waals surface area (Å²) in [5, 5.41) is 7.52. The van der Waals surface area contributed by atoms with Crippen molar-refractivity contribution >= 4 is 16.7 Å². The highest BCUT2D eigenvalue weighted by molar-refractivity contribution is 6.04. The van der Waals surface area contributed by atoms with Crippen molar-refractivity contribution in [3.63, 3.8) is 0 Å². The molecule has 20 heavy (non-hydrogen) atoms. The summed E-state index contributed by atoms with van der Waals surface area (Å²) in [7, 11) is 0. The molecule has 5 heteroatoms. The summed E-state index contributed by atoms with van der Waals surface area (Å²) in [5.74, 6) is 0.528. The summed E-state index contributed by atoms with van der Waals surface area (Å²) in [5.41, 5.74) is 0.0742. The summed E-state index contributed by atoms with van der Waals surface area (Å²) < 4.78 is 0. The topological polar surface area (TPSA) is 66.1 Å². The Labute approximate surface area is 116 Å². The number of rotatable bonds is 4. The number of hydrogen-bond acceptors (Lipinski definition) is 3. The molecule has 0 spiro atoms. The Balaban J connectivity index is 2.02. The Kier molecular flexibility index (Phi) is 3.26. The van der Waals surface area contributed by atoms with Crippen molar-refractivity contribution < 1.29 is 4.79 Å². The van der Waals surface area contributed by atoms with Crippen LogP contribution in [0.4, 0.5) is 0 Å². The standard InChI is InChI=1S/C15H17N3O2/c1-2-18(9-10-7-8-10)15(20)13-11-5-3-4-6-12(11)14(19)17-16-13/h3-6,10H,2,7-9H2,1H3,(H,17,19). The van der Waals surface area contributed by atoms with Crippen molar-refractivity contribution in [2.45, 2.75) is 19.8 Å². The first-order valence-electron chi connectivity index (χ1n) is 6.97. The van der Waals surface area contributed by atoms with Gasteiger partial charge < -0.3 is 4.90 Å². The van der Waals surface area contributed by atoms with Gasteiger partial charge in [0.2, 0.25) is 0 Å². The van der Waals surface area contributed by atoms with Crippen molar-refractivity contribution in [2.24, 2.45) is 5.92 Å². The minimum absolute atomic E-state index is 0.105. The van der Waals surface area contributed by atoms with E-state index < -0.39 is 0 Å². The van der Waals surface area contributed by atoms with E-state index in [-0.39, 0.29) is 11.5 Å². The van der Waals surface area contributed by atoms with Crippen LogP contribution in [0.15, 0.2) is 29.1 Å². The zero-order valence-electron chi connectivity index (χ0n) is 11.4. The molecule has 5 nitrogen and oxygen atoms in total. The molecule has 1 fully saturated rings. The van der Waals surface area contributed by atoms with E-state index in [1.54, 1.807) is 18.2 Å². The van der Waals surface area contributed by atoms with Crippen molar-refractivity contribution in [1.82, 2.24) is 15.1 Å². The predicted molar refractivity (Wildman–Crippen MR) is 76.7 cm³/mol. The molecule has 1 aliphatic rings. The van der Waals surface area contributed by atoms with Crippen LogP contribution in [0.1, 0.15) is 30.3 Å². The molecule has 1 N–H and O–H groups in total. The van der Waals surface area contributed by atoms with Crippen molar-refractivity contribution in [3.05, 3.63) is 40.3 Å². The smallest absolute Gasteiger partial charge is 0.274 e. The number of H-pyrrole nitrogens is 1. The number of carbonyl (C=O) groups is 1. The third kappa shape index (κ3) is 2.31. The lowest BCUT2D eigenvalue weighted by Gasteiger charge is -2.20. The van der Waals surface area contributed by atoms with E-state index in [9.17, 15) is 9.59 Å². The van der Waals surface area contributed by atoms with Gasteiger partial charge in [0, 0.05) is 18.5 Å². The Morgan fingerprint density at radius 3 is 2.70 bits per heavy atom. The van der Waals surface area contributed by atoms with Crippen LogP contribution >= 0.6 is 0 Å². The van der Waals surface area contributed by atoms with Gasteiger partial charge in [0.05, 0.1) is 5.39 Å². The predicted octanol–water partition coefficient (Wildman–Crippen LogP) is 1.80. The van der Waals surface area contributed by atoms with Crippen molar-refractivity contribution in [3.8, 4) is 0 Å². The molecule has 0 unspecified atom stereocenters. The van der Waals surface area contributed by atoms with E-state index in [1.165, 1.54) is 12.8 Å². The van der Waals surface area contributed by atoms with Gasteiger partial charge in [-0.1, -0.05) is 18.2 Å². The fourth-order valence-corrected chi connectivity index (χ4v) is 2.40. The zero-order chi connectivity index (χ0) is 14.1. The highest BCUT2D eigenvalue weighted by atomic mass is 16.2. The second kappa shape index (κ2) is 5.07. The van der Waals surface area contributed by atoms with Gasteiger partial charge in [-0.25, -0.2) is 5.10 Å². The number of fused-ring (bicyclic) bond motifs is 1. The van der Waals surface area contributed by atoms with E-state index in [4.69, 9.17) is 0 Å². The molecule has 1 amide bonds. The lowest BCUT2D eigenvalue weighted by molar-refractivity contribution is 0.0752. The van der Waals surface area contributed by atoms with Crippen LogP contribution in [0.2, 0.25) is 0 Å². The number of aromatic amines is 1. The Bertz CT molecular complexity index is 704. The molecule has 0 atom stereocenters. The van der Waals surface area contributed by atoms with E-state index in [2.05, 4.69) is 10.2 Å². The van der Waals surface area contributed by atoms with Gasteiger partial charge >= 0.3 is 0 Å². The SMILES string of the molecule is CCN(CC1CC1)C(=O)c1n[nH]c(=O)c2ccccc12. The zero-order valence-corrected chi connectivity index (χ0v) is 11.4. The van der Waals surface area contributed by atoms with Gasteiger partial charge in [-0.15, -0.1) is 0 Å². The number of nitrogens with zero attached hydrogens (tertiary/aromatic N) is 2. The lowest BCUT2D eigenvalue weighted by Crippen LogP contribution is -2.34. The number of aromatic nitrogens is 2. The average molecular weight is 271 g/mol. The van der Waals surface area contributed by atoms with Crippen molar-refractivity contribution in [2.75, 3.05) is 13.1 Å². The molecule has 0 saturated heterocycles. The van der Waals surface area contributed by atoms with Crippen LogP contribution in [-0.4, -0.2) is 34.1 Å². The molecule has 1 saturated carbocycles. The minimum atomic E-state index is -0.262. The molecule has 1 aromatic carbocycles. The average Bonchev–Trinajstić information content (AvgIpc) is 3.29. The summed E-state index contributed by atoms with van der Waals surface area (Å²) in [4.78, 5) is 26.2. The maximum absolute atomic E-state index is 12.6. The summed E-state index contributed by atoms with van der Waals surface area (Å²) in [6.07, 6.45) is 2.40. The summed E-state index contributed by atoms with van der Waals surface area (Å²) in [6, 6.07) is 7.09. The van der Waals surface area contributed by atoms with Gasteiger partial charge in [0.1, 0.15) is 0 Å². The second-order valence-corrected chi connectivity index (χ2v) is 5.23. The highest BCUT2D eigenvalue weighted by Crippen LogP contribution is 2.30. The normalized spacial score (nSPS) is 14.4. The first kappa shape index (κ1) is 12.8. The number of hydrogen-bond donors (Lipinski definition) is 1. The molecule has 1 heterocycles. The molecule has 1 aromatic heterocycles. The monoisotopic (exact) mass is 271 g/mol. The number of amides is 1. The van der Waals surface area contributed by atoms with Gasteiger partial charge in [-0.3, -0.25) is 9.59 Å². The molecule has 2 aromatic rings. The van der Waals surface area contributed by atoms with E-state index >= 15 is 0 Å². The lowest BCUT2D eigenvalue weighted by atomic mass is 10.1. The van der Waals surface area contributed by atoms with Gasteiger partial charge in [0.15, 0.2) is 5.69 Å². The van der Waals surface area contributed by atoms with Crippen LogP contribution in [0, 0.1) is 5.92 Å². The number of benzene rings is 1. The highest BCUT2D eigenvalue weighted by Gasteiger charge is 2.27. The maximum atomic E-state index is 12.6. The van der Waals surface area contributed by atoms with Gasteiger partial charge in [0.25, 0.3) is 11.5 Å². The quantitative estimate of drug-likeness (QED) is 0.922. The number of nitrogens with one attached hydrogen (secondary N) is 1. The fourth-order valence-electron chi connectivity index (χ4n) is 2.40. The van der Waals surface area contributed by atoms with Gasteiger partial charge in [-0.2, -0.15) is 5.10 Å². The van der Waals surface area contributed by atoms with Crippen LogP contribution < -0.4 is 5.56 Å². The largest absolute Gasteiger partial charge is 0.337 e. The fraction of sp³-hybridized carbons (Fsp3) is 0.400. The number of carbonyl (C=O) groups excluding carboxylic acids is 1. The van der Waals surface area contributed by atoms with Crippen LogP contribution in [0.5, 0.6) is 0 Å². The molecule has 0 aliphatic heterocycles. The molecule has 3 rings (SSSR count). The Morgan fingerprint density at radius 1 is 1.35 bits per heavy atom. The van der Waals surface area contributed by atoms with Crippen LogP contribution in [0.3, 0.4) is 0 Å². The van der Waals surface area contributed by atoms with E-state index in [1.807, 2.05) is 17.9 Å². The molecular formula is C15H17N3O2. The third-order valence-corrected chi connectivity index (χ3v) is 3.74. The van der Waals surface area contributed by atoms with Crippen LogP contribution in [-0.2, 0) is 0 Å². The van der Waals surface area contributed by atoms with E-state index in [0.29, 0.717) is 28.9 Å².